The normalized spacial score (nSPS) is 16.6. The highest BCUT2D eigenvalue weighted by Gasteiger charge is 2.32. The maximum absolute atomic E-state index is 12.9. The van der Waals surface area contributed by atoms with Gasteiger partial charge < -0.3 is 4.74 Å². The first kappa shape index (κ1) is 12.9. The lowest BCUT2D eigenvalue weighted by Gasteiger charge is -2.14. The maximum atomic E-state index is 12.9. The van der Waals surface area contributed by atoms with E-state index in [0.717, 1.165) is 28.0 Å². The van der Waals surface area contributed by atoms with Crippen molar-refractivity contribution in [2.45, 2.75) is 26.7 Å². The Balaban J connectivity index is 2.03. The summed E-state index contributed by atoms with van der Waals surface area (Å²) in [6, 6.07) is 12.0. The van der Waals surface area contributed by atoms with Crippen molar-refractivity contribution in [3.63, 3.8) is 0 Å². The minimum atomic E-state index is -0.175. The van der Waals surface area contributed by atoms with Gasteiger partial charge in [-0.15, -0.1) is 0 Å². The molecule has 2 heteroatoms. The minimum Gasteiger partial charge on any atom is -0.492 e. The number of fused-ring (bicyclic) bond motifs is 1. The van der Waals surface area contributed by atoms with E-state index in [1.807, 2.05) is 38.1 Å². The monoisotopic (exact) mass is 266 g/mol. The topological polar surface area (TPSA) is 26.3 Å². The van der Waals surface area contributed by atoms with E-state index in [0.29, 0.717) is 6.61 Å². The highest BCUT2D eigenvalue weighted by atomic mass is 16.5. The Kier molecular flexibility index (Phi) is 3.09. The van der Waals surface area contributed by atoms with Gasteiger partial charge in [0.15, 0.2) is 5.78 Å². The van der Waals surface area contributed by atoms with Crippen LogP contribution in [0.5, 0.6) is 5.75 Å². The quantitative estimate of drug-likeness (QED) is 0.769. The van der Waals surface area contributed by atoms with Crippen molar-refractivity contribution in [1.29, 1.82) is 0 Å². The molecule has 102 valence electrons. The van der Waals surface area contributed by atoms with E-state index in [4.69, 9.17) is 4.74 Å². The second kappa shape index (κ2) is 4.78. The molecular formula is C18H18O2. The lowest BCUT2D eigenvalue weighted by molar-refractivity contribution is 0.0946. The van der Waals surface area contributed by atoms with Crippen LogP contribution in [0.2, 0.25) is 0 Å². The smallest absolute Gasteiger partial charge is 0.174 e. The van der Waals surface area contributed by atoms with Crippen molar-refractivity contribution in [3.05, 3.63) is 64.2 Å². The summed E-state index contributed by atoms with van der Waals surface area (Å²) in [6.45, 7) is 6.52. The SMILES string of the molecule is Cc1cc(C)c(C(=O)C2COc3ccccc32)c(C)c1. The van der Waals surface area contributed by atoms with E-state index in [2.05, 4.69) is 19.1 Å². The largest absolute Gasteiger partial charge is 0.492 e. The second-order valence-corrected chi connectivity index (χ2v) is 5.54. The van der Waals surface area contributed by atoms with E-state index in [-0.39, 0.29) is 11.7 Å². The van der Waals surface area contributed by atoms with Gasteiger partial charge in [0.25, 0.3) is 0 Å². The third-order valence-corrected chi connectivity index (χ3v) is 3.94. The van der Waals surface area contributed by atoms with Crippen LogP contribution in [-0.4, -0.2) is 12.4 Å². The molecule has 0 saturated carbocycles. The van der Waals surface area contributed by atoms with Gasteiger partial charge in [-0.2, -0.15) is 0 Å². The van der Waals surface area contributed by atoms with Crippen molar-refractivity contribution in [1.82, 2.24) is 0 Å². The fourth-order valence-corrected chi connectivity index (χ4v) is 3.12. The maximum Gasteiger partial charge on any atom is 0.174 e. The molecule has 2 aromatic carbocycles. The summed E-state index contributed by atoms with van der Waals surface area (Å²) < 4.78 is 5.64. The van der Waals surface area contributed by atoms with E-state index in [9.17, 15) is 4.79 Å². The van der Waals surface area contributed by atoms with Crippen LogP contribution in [0.1, 0.15) is 38.5 Å². The predicted octanol–water partition coefficient (Wildman–Crippen LogP) is 3.97. The summed E-state index contributed by atoms with van der Waals surface area (Å²) in [7, 11) is 0. The van der Waals surface area contributed by atoms with Crippen LogP contribution in [0, 0.1) is 20.8 Å². The fraction of sp³-hybridized carbons (Fsp3) is 0.278. The molecule has 2 nitrogen and oxygen atoms in total. The summed E-state index contributed by atoms with van der Waals surface area (Å²) in [5.41, 5.74) is 5.16. The Morgan fingerprint density at radius 1 is 1.10 bits per heavy atom. The zero-order valence-corrected chi connectivity index (χ0v) is 12.1. The zero-order valence-electron chi connectivity index (χ0n) is 12.1. The van der Waals surface area contributed by atoms with E-state index in [1.54, 1.807) is 0 Å². The average Bonchev–Trinajstić information content (AvgIpc) is 2.81. The number of para-hydroxylation sites is 1. The van der Waals surface area contributed by atoms with Gasteiger partial charge in [0.2, 0.25) is 0 Å². The van der Waals surface area contributed by atoms with E-state index >= 15 is 0 Å². The molecule has 1 aliphatic heterocycles. The first-order valence-corrected chi connectivity index (χ1v) is 6.91. The van der Waals surface area contributed by atoms with Crippen LogP contribution in [0.15, 0.2) is 36.4 Å². The lowest BCUT2D eigenvalue weighted by Crippen LogP contribution is -2.17. The number of aryl methyl sites for hydroxylation is 3. The predicted molar refractivity (Wildman–Crippen MR) is 79.7 cm³/mol. The number of rotatable bonds is 2. The molecule has 0 saturated heterocycles. The molecule has 0 aromatic heterocycles. The first-order valence-electron chi connectivity index (χ1n) is 6.91. The van der Waals surface area contributed by atoms with Crippen LogP contribution in [0.3, 0.4) is 0 Å². The van der Waals surface area contributed by atoms with Gasteiger partial charge in [0.05, 0.1) is 5.92 Å². The van der Waals surface area contributed by atoms with Crippen LogP contribution in [0.4, 0.5) is 0 Å². The fourth-order valence-electron chi connectivity index (χ4n) is 3.12. The molecule has 1 heterocycles. The number of carbonyl (C=O) groups is 1. The third kappa shape index (κ3) is 2.01. The van der Waals surface area contributed by atoms with Crippen molar-refractivity contribution >= 4 is 5.78 Å². The summed E-state index contributed by atoms with van der Waals surface area (Å²) in [6.07, 6.45) is 0. The average molecular weight is 266 g/mol. The molecule has 20 heavy (non-hydrogen) atoms. The molecule has 1 unspecified atom stereocenters. The Morgan fingerprint density at radius 2 is 1.75 bits per heavy atom. The molecule has 0 spiro atoms. The van der Waals surface area contributed by atoms with Crippen LogP contribution < -0.4 is 4.74 Å². The highest BCUT2D eigenvalue weighted by Crippen LogP contribution is 2.36. The van der Waals surface area contributed by atoms with E-state index < -0.39 is 0 Å². The molecule has 3 rings (SSSR count). The van der Waals surface area contributed by atoms with Crippen LogP contribution in [0.25, 0.3) is 0 Å². The number of ether oxygens (including phenoxy) is 1. The lowest BCUT2D eigenvalue weighted by atomic mass is 9.87. The highest BCUT2D eigenvalue weighted by molar-refractivity contribution is 6.04. The standard InChI is InChI=1S/C18H18O2/c1-11-8-12(2)17(13(3)9-11)18(19)15-10-20-16-7-5-4-6-14(15)16/h4-9,15H,10H2,1-3H3. The molecule has 0 radical (unpaired) electrons. The number of hydrogen-bond acceptors (Lipinski definition) is 2. The summed E-state index contributed by atoms with van der Waals surface area (Å²) in [4.78, 5) is 12.9. The van der Waals surface area contributed by atoms with Gasteiger partial charge in [-0.1, -0.05) is 35.9 Å². The molecule has 1 aliphatic rings. The molecule has 1 atom stereocenters. The summed E-state index contributed by atoms with van der Waals surface area (Å²) >= 11 is 0. The Hall–Kier alpha value is -2.09. The summed E-state index contributed by atoms with van der Waals surface area (Å²) in [5, 5.41) is 0. The van der Waals surface area contributed by atoms with Crippen molar-refractivity contribution in [2.24, 2.45) is 0 Å². The van der Waals surface area contributed by atoms with Crippen molar-refractivity contribution in [3.8, 4) is 5.75 Å². The zero-order chi connectivity index (χ0) is 14.3. The van der Waals surface area contributed by atoms with Gasteiger partial charge in [-0.3, -0.25) is 4.79 Å². The van der Waals surface area contributed by atoms with Gasteiger partial charge in [0, 0.05) is 11.1 Å². The Labute approximate surface area is 119 Å². The molecule has 0 amide bonds. The number of carbonyl (C=O) groups excluding carboxylic acids is 1. The minimum absolute atomic E-state index is 0.171. The Bertz CT molecular complexity index is 663. The molecule has 0 bridgehead atoms. The molecule has 0 aliphatic carbocycles. The first-order chi connectivity index (χ1) is 9.58. The molecular weight excluding hydrogens is 248 g/mol. The number of Topliss-reactive ketones (excluding diaryl/α,β-unsaturated/α-hetero) is 1. The van der Waals surface area contributed by atoms with Crippen molar-refractivity contribution in [2.75, 3.05) is 6.61 Å². The second-order valence-electron chi connectivity index (χ2n) is 5.54. The summed E-state index contributed by atoms with van der Waals surface area (Å²) in [5.74, 6) is 0.838. The van der Waals surface area contributed by atoms with Gasteiger partial charge in [0.1, 0.15) is 12.4 Å². The Morgan fingerprint density at radius 3 is 2.45 bits per heavy atom. The number of benzene rings is 2. The van der Waals surface area contributed by atoms with Gasteiger partial charge in [-0.25, -0.2) is 0 Å². The number of ketones is 1. The van der Waals surface area contributed by atoms with Gasteiger partial charge in [-0.05, 0) is 38.0 Å². The van der Waals surface area contributed by atoms with Gasteiger partial charge >= 0.3 is 0 Å². The van der Waals surface area contributed by atoms with Crippen LogP contribution in [-0.2, 0) is 0 Å². The molecule has 0 fully saturated rings. The third-order valence-electron chi connectivity index (χ3n) is 3.94. The van der Waals surface area contributed by atoms with Crippen molar-refractivity contribution < 1.29 is 9.53 Å². The van der Waals surface area contributed by atoms with Crippen LogP contribution >= 0.6 is 0 Å². The molecule has 2 aromatic rings. The van der Waals surface area contributed by atoms with E-state index in [1.165, 1.54) is 5.56 Å². The number of hydrogen-bond donors (Lipinski definition) is 0. The molecule has 0 N–H and O–H groups in total.